The van der Waals surface area contributed by atoms with Crippen molar-refractivity contribution >= 4 is 5.96 Å². The van der Waals surface area contributed by atoms with Crippen LogP contribution in [0.1, 0.15) is 36.5 Å². The number of benzene rings is 1. The van der Waals surface area contributed by atoms with Crippen LogP contribution in [0.3, 0.4) is 0 Å². The zero-order chi connectivity index (χ0) is 20.3. The van der Waals surface area contributed by atoms with Gasteiger partial charge in [0.05, 0.1) is 25.8 Å². The molecule has 3 rings (SSSR count). The lowest BCUT2D eigenvalue weighted by Gasteiger charge is -2.13. The van der Waals surface area contributed by atoms with Crippen molar-refractivity contribution in [3.63, 3.8) is 0 Å². The SMILES string of the molecule is Cc1nnc(CNC(=NCc2ccccc2)NCCCOCC2CCCO2)n1C. The van der Waals surface area contributed by atoms with E-state index < -0.39 is 0 Å². The third-order valence-electron chi connectivity index (χ3n) is 4.94. The van der Waals surface area contributed by atoms with E-state index in [1.54, 1.807) is 0 Å². The highest BCUT2D eigenvalue weighted by atomic mass is 16.5. The first-order valence-electron chi connectivity index (χ1n) is 10.3. The van der Waals surface area contributed by atoms with Gasteiger partial charge in [0.1, 0.15) is 5.82 Å². The van der Waals surface area contributed by atoms with Gasteiger partial charge in [0, 0.05) is 26.8 Å². The highest BCUT2D eigenvalue weighted by Gasteiger charge is 2.14. The zero-order valence-electron chi connectivity index (χ0n) is 17.4. The van der Waals surface area contributed by atoms with Crippen LogP contribution in [-0.4, -0.2) is 53.2 Å². The first kappa shape index (κ1) is 21.3. The van der Waals surface area contributed by atoms with E-state index >= 15 is 0 Å². The molecule has 8 heteroatoms. The minimum absolute atomic E-state index is 0.280. The number of aryl methyl sites for hydroxylation is 1. The minimum atomic E-state index is 0.280. The van der Waals surface area contributed by atoms with E-state index in [0.717, 1.165) is 50.0 Å². The van der Waals surface area contributed by atoms with Crippen molar-refractivity contribution in [3.8, 4) is 0 Å². The molecular weight excluding hydrogens is 368 g/mol. The Kier molecular flexibility index (Phi) is 8.45. The molecule has 0 saturated carbocycles. The van der Waals surface area contributed by atoms with Crippen molar-refractivity contribution in [2.24, 2.45) is 12.0 Å². The van der Waals surface area contributed by atoms with E-state index in [2.05, 4.69) is 33.0 Å². The van der Waals surface area contributed by atoms with E-state index in [-0.39, 0.29) is 6.10 Å². The lowest BCUT2D eigenvalue weighted by molar-refractivity contribution is 0.0168. The van der Waals surface area contributed by atoms with Crippen molar-refractivity contribution in [2.45, 2.75) is 45.4 Å². The van der Waals surface area contributed by atoms with Crippen molar-refractivity contribution in [2.75, 3.05) is 26.4 Å². The molecule has 2 aromatic rings. The Labute approximate surface area is 172 Å². The smallest absolute Gasteiger partial charge is 0.191 e. The Bertz CT molecular complexity index is 756. The summed E-state index contributed by atoms with van der Waals surface area (Å²) in [5.41, 5.74) is 1.17. The first-order valence-corrected chi connectivity index (χ1v) is 10.3. The molecule has 1 aliphatic rings. The average molecular weight is 401 g/mol. The van der Waals surface area contributed by atoms with Gasteiger partial charge in [-0.25, -0.2) is 4.99 Å². The third-order valence-corrected chi connectivity index (χ3v) is 4.94. The number of rotatable bonds is 10. The lowest BCUT2D eigenvalue weighted by Crippen LogP contribution is -2.38. The molecule has 8 nitrogen and oxygen atoms in total. The highest BCUT2D eigenvalue weighted by molar-refractivity contribution is 5.79. The summed E-state index contributed by atoms with van der Waals surface area (Å²) < 4.78 is 13.3. The predicted octanol–water partition coefficient (Wildman–Crippen LogP) is 1.94. The molecule has 0 spiro atoms. The van der Waals surface area contributed by atoms with Gasteiger partial charge in [0.2, 0.25) is 0 Å². The average Bonchev–Trinajstić information content (AvgIpc) is 3.37. The van der Waals surface area contributed by atoms with Crippen LogP contribution in [-0.2, 0) is 29.6 Å². The molecule has 0 radical (unpaired) electrons. The topological polar surface area (TPSA) is 85.6 Å². The molecule has 29 heavy (non-hydrogen) atoms. The van der Waals surface area contributed by atoms with Crippen molar-refractivity contribution in [3.05, 3.63) is 47.5 Å². The Morgan fingerprint density at radius 1 is 1.28 bits per heavy atom. The van der Waals surface area contributed by atoms with Crippen LogP contribution < -0.4 is 10.6 Å². The maximum Gasteiger partial charge on any atom is 0.191 e. The molecule has 0 aliphatic carbocycles. The van der Waals surface area contributed by atoms with Crippen molar-refractivity contribution in [1.82, 2.24) is 25.4 Å². The largest absolute Gasteiger partial charge is 0.379 e. The molecule has 1 aliphatic heterocycles. The van der Waals surface area contributed by atoms with Gasteiger partial charge in [-0.2, -0.15) is 0 Å². The third kappa shape index (κ3) is 7.14. The normalized spacial score (nSPS) is 16.9. The van der Waals surface area contributed by atoms with Crippen LogP contribution in [0.25, 0.3) is 0 Å². The van der Waals surface area contributed by atoms with E-state index in [0.29, 0.717) is 26.3 Å². The number of aliphatic imine (C=N–C) groups is 1. The number of hydrogen-bond acceptors (Lipinski definition) is 5. The Balaban J connectivity index is 1.44. The van der Waals surface area contributed by atoms with Gasteiger partial charge in [0.15, 0.2) is 11.8 Å². The van der Waals surface area contributed by atoms with E-state index in [1.807, 2.05) is 36.7 Å². The van der Waals surface area contributed by atoms with Crippen LogP contribution in [0.4, 0.5) is 0 Å². The molecule has 2 heterocycles. The molecular formula is C21H32N6O2. The monoisotopic (exact) mass is 400 g/mol. The zero-order valence-corrected chi connectivity index (χ0v) is 17.4. The van der Waals surface area contributed by atoms with Gasteiger partial charge < -0.3 is 24.7 Å². The molecule has 2 N–H and O–H groups in total. The van der Waals surface area contributed by atoms with Crippen molar-refractivity contribution < 1.29 is 9.47 Å². The first-order chi connectivity index (χ1) is 14.2. The predicted molar refractivity (Wildman–Crippen MR) is 113 cm³/mol. The summed E-state index contributed by atoms with van der Waals surface area (Å²) in [5.74, 6) is 2.52. The van der Waals surface area contributed by atoms with Gasteiger partial charge in [-0.3, -0.25) is 0 Å². The number of nitrogens with one attached hydrogen (secondary N) is 2. The fraction of sp³-hybridized carbons (Fsp3) is 0.571. The molecule has 1 unspecified atom stereocenters. The molecule has 1 atom stereocenters. The summed E-state index contributed by atoms with van der Waals surface area (Å²) in [4.78, 5) is 4.70. The van der Waals surface area contributed by atoms with Crippen LogP contribution in [0, 0.1) is 6.92 Å². The maximum atomic E-state index is 5.73. The molecule has 0 amide bonds. The summed E-state index contributed by atoms with van der Waals surface area (Å²) in [5, 5.41) is 15.0. The van der Waals surface area contributed by atoms with E-state index in [9.17, 15) is 0 Å². The molecule has 1 saturated heterocycles. The Hall–Kier alpha value is -2.45. The molecule has 1 aromatic carbocycles. The van der Waals surface area contributed by atoms with Gasteiger partial charge in [-0.15, -0.1) is 10.2 Å². The molecule has 158 valence electrons. The van der Waals surface area contributed by atoms with Gasteiger partial charge >= 0.3 is 0 Å². The van der Waals surface area contributed by atoms with Crippen LogP contribution in [0.2, 0.25) is 0 Å². The Morgan fingerprint density at radius 3 is 2.86 bits per heavy atom. The second kappa shape index (κ2) is 11.5. The number of guanidine groups is 1. The summed E-state index contributed by atoms with van der Waals surface area (Å²) in [6.45, 7) is 6.17. The highest BCUT2D eigenvalue weighted by Crippen LogP contribution is 2.11. The summed E-state index contributed by atoms with van der Waals surface area (Å²) in [6, 6.07) is 10.2. The number of aromatic nitrogens is 3. The second-order valence-corrected chi connectivity index (χ2v) is 7.22. The lowest BCUT2D eigenvalue weighted by atomic mass is 10.2. The fourth-order valence-corrected chi connectivity index (χ4v) is 3.07. The van der Waals surface area contributed by atoms with E-state index in [4.69, 9.17) is 14.5 Å². The van der Waals surface area contributed by atoms with Crippen LogP contribution in [0.15, 0.2) is 35.3 Å². The van der Waals surface area contributed by atoms with Crippen LogP contribution in [0.5, 0.6) is 0 Å². The minimum Gasteiger partial charge on any atom is -0.379 e. The molecule has 1 fully saturated rings. The number of nitrogens with zero attached hydrogens (tertiary/aromatic N) is 4. The Morgan fingerprint density at radius 2 is 2.14 bits per heavy atom. The number of hydrogen-bond donors (Lipinski definition) is 2. The van der Waals surface area contributed by atoms with Gasteiger partial charge in [0.25, 0.3) is 0 Å². The van der Waals surface area contributed by atoms with Gasteiger partial charge in [-0.1, -0.05) is 30.3 Å². The van der Waals surface area contributed by atoms with Gasteiger partial charge in [-0.05, 0) is 31.7 Å². The standard InChI is InChI=1S/C21H32N6O2/c1-17-25-26-20(27(17)2)15-24-21(23-14-18-8-4-3-5-9-18)22-11-7-12-28-16-19-10-6-13-29-19/h3-5,8-9,19H,6-7,10-16H2,1-2H3,(H2,22,23,24). The second-order valence-electron chi connectivity index (χ2n) is 7.22. The summed E-state index contributed by atoms with van der Waals surface area (Å²) in [7, 11) is 1.96. The number of ether oxygens (including phenoxy) is 2. The summed E-state index contributed by atoms with van der Waals surface area (Å²) in [6.07, 6.45) is 3.44. The fourth-order valence-electron chi connectivity index (χ4n) is 3.07. The van der Waals surface area contributed by atoms with Crippen LogP contribution >= 0.6 is 0 Å². The molecule has 0 bridgehead atoms. The summed E-state index contributed by atoms with van der Waals surface area (Å²) >= 11 is 0. The maximum absolute atomic E-state index is 5.73. The quantitative estimate of drug-likeness (QED) is 0.360. The van der Waals surface area contributed by atoms with Crippen molar-refractivity contribution in [1.29, 1.82) is 0 Å². The molecule has 1 aromatic heterocycles. The van der Waals surface area contributed by atoms with E-state index in [1.165, 1.54) is 5.56 Å².